The molecule has 0 radical (unpaired) electrons. The molecule has 3 rings (SSSR count). The predicted octanol–water partition coefficient (Wildman–Crippen LogP) is 7.18. The summed E-state index contributed by atoms with van der Waals surface area (Å²) in [5.41, 5.74) is 1.62. The van der Waals surface area contributed by atoms with E-state index >= 15 is 0 Å². The van der Waals surface area contributed by atoms with Crippen LogP contribution < -0.4 is 19.5 Å². The summed E-state index contributed by atoms with van der Waals surface area (Å²) < 4.78 is 16.8. The van der Waals surface area contributed by atoms with E-state index in [1.54, 1.807) is 61.5 Å². The van der Waals surface area contributed by atoms with Gasteiger partial charge in [-0.25, -0.2) is 0 Å². The molecule has 1 amide bonds. The van der Waals surface area contributed by atoms with Crippen molar-refractivity contribution in [2.24, 2.45) is 0 Å². The molecule has 0 heterocycles. The summed E-state index contributed by atoms with van der Waals surface area (Å²) in [5, 5.41) is 13.6. The summed E-state index contributed by atoms with van der Waals surface area (Å²) in [6, 6.07) is 17.0. The van der Waals surface area contributed by atoms with Gasteiger partial charge < -0.3 is 19.5 Å². The second-order valence-corrected chi connectivity index (χ2v) is 8.68. The molecule has 37 heavy (non-hydrogen) atoms. The number of hydrogen-bond acceptors (Lipinski definition) is 5. The van der Waals surface area contributed by atoms with Gasteiger partial charge in [0.2, 0.25) is 0 Å². The minimum atomic E-state index is -0.592. The van der Waals surface area contributed by atoms with Crippen LogP contribution in [0.3, 0.4) is 0 Å². The fraction of sp³-hybridized carbons (Fsp3) is 0.143. The lowest BCUT2D eigenvalue weighted by Crippen LogP contribution is -2.13. The molecule has 0 saturated heterocycles. The molecule has 0 aliphatic heterocycles. The fourth-order valence-corrected chi connectivity index (χ4v) is 3.87. The quantitative estimate of drug-likeness (QED) is 0.163. The summed E-state index contributed by atoms with van der Waals surface area (Å²) in [4.78, 5) is 12.7. The van der Waals surface area contributed by atoms with Crippen LogP contribution >= 0.6 is 34.8 Å². The number of nitrogens with zero attached hydrogens (tertiary/aromatic N) is 1. The Morgan fingerprint density at radius 1 is 1.03 bits per heavy atom. The Bertz CT molecular complexity index is 1390. The molecule has 0 unspecified atom stereocenters. The lowest BCUT2D eigenvalue weighted by atomic mass is 10.1. The summed E-state index contributed by atoms with van der Waals surface area (Å²) in [6.45, 7) is 2.42. The van der Waals surface area contributed by atoms with Crippen LogP contribution in [0.2, 0.25) is 15.1 Å². The minimum Gasteiger partial charge on any atom is -0.490 e. The second-order valence-electron chi connectivity index (χ2n) is 7.43. The van der Waals surface area contributed by atoms with E-state index in [0.29, 0.717) is 45.2 Å². The van der Waals surface area contributed by atoms with E-state index in [1.807, 2.05) is 6.07 Å². The smallest absolute Gasteiger partial charge is 0.266 e. The summed E-state index contributed by atoms with van der Waals surface area (Å²) in [7, 11) is 0. The van der Waals surface area contributed by atoms with Crippen LogP contribution in [0.1, 0.15) is 18.1 Å². The zero-order valence-electron chi connectivity index (χ0n) is 19.7. The monoisotopic (exact) mass is 554 g/mol. The molecular formula is C28H21Cl3N2O4. The Morgan fingerprint density at radius 3 is 2.43 bits per heavy atom. The number of terminal acetylenes is 1. The minimum absolute atomic E-state index is 0.0134. The van der Waals surface area contributed by atoms with Gasteiger partial charge in [-0.3, -0.25) is 4.79 Å². The number of nitriles is 1. The van der Waals surface area contributed by atoms with Crippen LogP contribution in [-0.2, 0) is 11.4 Å². The van der Waals surface area contributed by atoms with Gasteiger partial charge in [0.25, 0.3) is 5.91 Å². The highest BCUT2D eigenvalue weighted by Crippen LogP contribution is 2.37. The number of carbonyl (C=O) groups excluding carboxylic acids is 1. The largest absolute Gasteiger partial charge is 0.490 e. The first-order valence-corrected chi connectivity index (χ1v) is 12.1. The SMILES string of the molecule is C#CCOc1c(Cl)cc(/C=C(\C#N)C(=O)Nc2ccc(OCc3ccc(Cl)cc3Cl)cc2)cc1OCC. The van der Waals surface area contributed by atoms with Gasteiger partial charge in [0.05, 0.1) is 11.6 Å². The van der Waals surface area contributed by atoms with Gasteiger partial charge in [0.15, 0.2) is 11.5 Å². The first-order chi connectivity index (χ1) is 17.8. The lowest BCUT2D eigenvalue weighted by Gasteiger charge is -2.13. The molecule has 3 aromatic rings. The first kappa shape index (κ1) is 27.8. The van der Waals surface area contributed by atoms with Crippen molar-refractivity contribution in [3.63, 3.8) is 0 Å². The van der Waals surface area contributed by atoms with Crippen molar-refractivity contribution in [2.75, 3.05) is 18.5 Å². The number of nitrogens with one attached hydrogen (secondary N) is 1. The van der Waals surface area contributed by atoms with Gasteiger partial charge in [0, 0.05) is 21.3 Å². The Hall–Kier alpha value is -3.81. The lowest BCUT2D eigenvalue weighted by molar-refractivity contribution is -0.112. The molecule has 0 aromatic heterocycles. The van der Waals surface area contributed by atoms with Crippen LogP contribution in [0.25, 0.3) is 6.08 Å². The maximum absolute atomic E-state index is 12.7. The molecule has 0 bridgehead atoms. The van der Waals surface area contributed by atoms with Crippen molar-refractivity contribution in [1.82, 2.24) is 0 Å². The van der Waals surface area contributed by atoms with Crippen molar-refractivity contribution < 1.29 is 19.0 Å². The predicted molar refractivity (Wildman–Crippen MR) is 146 cm³/mol. The molecule has 6 nitrogen and oxygen atoms in total. The van der Waals surface area contributed by atoms with E-state index < -0.39 is 5.91 Å². The normalized spacial score (nSPS) is 10.7. The number of rotatable bonds is 10. The van der Waals surface area contributed by atoms with Crippen molar-refractivity contribution in [2.45, 2.75) is 13.5 Å². The fourth-order valence-electron chi connectivity index (χ4n) is 3.14. The zero-order chi connectivity index (χ0) is 26.8. The molecule has 3 aromatic carbocycles. The number of benzene rings is 3. The Balaban J connectivity index is 1.70. The highest BCUT2D eigenvalue weighted by molar-refractivity contribution is 6.35. The highest BCUT2D eigenvalue weighted by Gasteiger charge is 2.15. The Kier molecular flexibility index (Phi) is 10.1. The average molecular weight is 556 g/mol. The number of carbonyl (C=O) groups is 1. The van der Waals surface area contributed by atoms with Crippen molar-refractivity contribution in [3.8, 4) is 35.7 Å². The van der Waals surface area contributed by atoms with E-state index in [9.17, 15) is 10.1 Å². The molecule has 0 spiro atoms. The van der Waals surface area contributed by atoms with Gasteiger partial charge >= 0.3 is 0 Å². The highest BCUT2D eigenvalue weighted by atomic mass is 35.5. The van der Waals surface area contributed by atoms with Crippen LogP contribution in [-0.4, -0.2) is 19.1 Å². The van der Waals surface area contributed by atoms with Crippen LogP contribution in [0, 0.1) is 23.7 Å². The van der Waals surface area contributed by atoms with Crippen LogP contribution in [0.15, 0.2) is 60.2 Å². The molecule has 0 atom stereocenters. The summed E-state index contributed by atoms with van der Waals surface area (Å²) >= 11 is 18.4. The third kappa shape index (κ3) is 7.84. The summed E-state index contributed by atoms with van der Waals surface area (Å²) in [5.74, 6) is 2.99. The number of ether oxygens (including phenoxy) is 3. The van der Waals surface area contributed by atoms with E-state index in [-0.39, 0.29) is 23.8 Å². The van der Waals surface area contributed by atoms with Gasteiger partial charge in [-0.1, -0.05) is 46.8 Å². The third-order valence-electron chi connectivity index (χ3n) is 4.83. The topological polar surface area (TPSA) is 80.6 Å². The molecule has 1 N–H and O–H groups in total. The van der Waals surface area contributed by atoms with Gasteiger partial charge in [-0.2, -0.15) is 5.26 Å². The molecule has 9 heteroatoms. The van der Waals surface area contributed by atoms with Gasteiger partial charge in [-0.05, 0) is 67.1 Å². The molecule has 0 aliphatic carbocycles. The maximum Gasteiger partial charge on any atom is 0.266 e. The van der Waals surface area contributed by atoms with Crippen molar-refractivity contribution in [1.29, 1.82) is 5.26 Å². The maximum atomic E-state index is 12.7. The number of hydrogen-bond donors (Lipinski definition) is 1. The zero-order valence-corrected chi connectivity index (χ0v) is 22.0. The number of anilines is 1. The molecular weight excluding hydrogens is 535 g/mol. The Labute approximate surface area is 230 Å². The van der Waals surface area contributed by atoms with Crippen LogP contribution in [0.5, 0.6) is 17.2 Å². The number of halogens is 3. The molecule has 188 valence electrons. The molecule has 0 aliphatic rings. The van der Waals surface area contributed by atoms with Crippen LogP contribution in [0.4, 0.5) is 5.69 Å². The van der Waals surface area contributed by atoms with E-state index in [1.165, 1.54) is 6.08 Å². The van der Waals surface area contributed by atoms with Gasteiger partial charge in [-0.15, -0.1) is 6.42 Å². The molecule has 0 fully saturated rings. The standard InChI is InChI=1S/C28H21Cl3N2O4/c1-3-11-36-27-25(31)13-18(14-26(27)35-4-2)12-20(16-32)28(34)33-22-7-9-23(10-8-22)37-17-19-5-6-21(29)15-24(19)30/h1,5-10,12-15H,4,11,17H2,2H3,(H,33,34)/b20-12+. The first-order valence-electron chi connectivity index (χ1n) is 11.0. The van der Waals surface area contributed by atoms with E-state index in [2.05, 4.69) is 11.2 Å². The van der Waals surface area contributed by atoms with E-state index in [4.69, 9.17) is 55.4 Å². The molecule has 0 saturated carbocycles. The third-order valence-corrected chi connectivity index (χ3v) is 5.70. The van der Waals surface area contributed by atoms with E-state index in [0.717, 1.165) is 5.56 Å². The van der Waals surface area contributed by atoms with Gasteiger partial charge in [0.1, 0.15) is 30.6 Å². The number of amides is 1. The summed E-state index contributed by atoms with van der Waals surface area (Å²) in [6.07, 6.45) is 6.66. The Morgan fingerprint density at radius 2 is 1.78 bits per heavy atom. The van der Waals surface area contributed by atoms with Crippen molar-refractivity contribution in [3.05, 3.63) is 86.4 Å². The average Bonchev–Trinajstić information content (AvgIpc) is 2.87. The second kappa shape index (κ2) is 13.5. The van der Waals surface area contributed by atoms with Crippen molar-refractivity contribution >= 4 is 52.5 Å².